The van der Waals surface area contributed by atoms with Crippen molar-refractivity contribution in [2.45, 2.75) is 38.3 Å². The number of Topliss-reactive ketones (excluding diaryl/α,β-unsaturated/α-hetero) is 2. The summed E-state index contributed by atoms with van der Waals surface area (Å²) in [7, 11) is 4.74. The van der Waals surface area contributed by atoms with Gasteiger partial charge in [-0.05, 0) is 62.5 Å². The number of nitrogens with one attached hydrogen (secondary N) is 1. The monoisotopic (exact) mass is 621 g/mol. The summed E-state index contributed by atoms with van der Waals surface area (Å²) >= 11 is 0. The van der Waals surface area contributed by atoms with Gasteiger partial charge in [0.25, 0.3) is 5.91 Å². The summed E-state index contributed by atoms with van der Waals surface area (Å²) < 4.78 is 4.68. The Morgan fingerprint density at radius 2 is 1.82 bits per heavy atom. The van der Waals surface area contributed by atoms with Crippen LogP contribution in [0.15, 0.2) is 53.3 Å². The predicted octanol–water partition coefficient (Wildman–Crippen LogP) is 1.71. The first-order valence-corrected chi connectivity index (χ1v) is 14.5. The number of aromatic hydroxyl groups is 1. The zero-order chi connectivity index (χ0) is 33.4. The maximum atomic E-state index is 13.9. The van der Waals surface area contributed by atoms with Crippen LogP contribution < -0.4 is 11.1 Å². The minimum atomic E-state index is -2.64. The van der Waals surface area contributed by atoms with E-state index in [1.54, 1.807) is 27.3 Å². The van der Waals surface area contributed by atoms with Crippen LogP contribution in [0.4, 0.5) is 0 Å². The fraction of sp³-hybridized carbons (Fsp3) is 0.394. The van der Waals surface area contributed by atoms with Crippen molar-refractivity contribution < 1.29 is 44.3 Å². The van der Waals surface area contributed by atoms with Crippen molar-refractivity contribution in [3.8, 4) is 16.9 Å². The molecule has 0 saturated heterocycles. The number of fused-ring (bicyclic) bond motifs is 3. The number of aliphatic hydroxyl groups is 3. The maximum absolute atomic E-state index is 13.9. The Balaban J connectivity index is 0.000000510. The van der Waals surface area contributed by atoms with E-state index in [9.17, 15) is 39.6 Å². The zero-order valence-corrected chi connectivity index (χ0v) is 25.9. The summed E-state index contributed by atoms with van der Waals surface area (Å²) in [4.78, 5) is 50.8. The van der Waals surface area contributed by atoms with Crippen molar-refractivity contribution in [2.75, 3.05) is 34.4 Å². The second-order valence-corrected chi connectivity index (χ2v) is 11.8. The Bertz CT molecular complexity index is 1630. The molecule has 0 aromatic heterocycles. The molecule has 7 N–H and O–H groups in total. The number of amides is 2. The van der Waals surface area contributed by atoms with Gasteiger partial charge in [0.15, 0.2) is 11.4 Å². The largest absolute Gasteiger partial charge is 0.508 e. The van der Waals surface area contributed by atoms with Gasteiger partial charge in [-0.2, -0.15) is 0 Å². The number of aliphatic hydroxyl groups excluding tert-OH is 2. The van der Waals surface area contributed by atoms with Gasteiger partial charge in [0.2, 0.25) is 11.7 Å². The summed E-state index contributed by atoms with van der Waals surface area (Å²) in [5.41, 5.74) is 5.10. The highest BCUT2D eigenvalue weighted by atomic mass is 16.5. The molecule has 5 rings (SSSR count). The van der Waals surface area contributed by atoms with E-state index in [1.807, 2.05) is 31.2 Å². The molecular formula is C33H39N3O9. The van der Waals surface area contributed by atoms with E-state index in [2.05, 4.69) is 10.1 Å². The highest BCUT2D eigenvalue weighted by Gasteiger charge is 2.64. The Hall–Kier alpha value is -4.52. The number of ketones is 2. The molecule has 45 heavy (non-hydrogen) atoms. The molecule has 1 fully saturated rings. The van der Waals surface area contributed by atoms with Gasteiger partial charge >= 0.3 is 0 Å². The average Bonchev–Trinajstić information content (AvgIpc) is 2.95. The summed E-state index contributed by atoms with van der Waals surface area (Å²) in [6.07, 6.45) is 0.293. The van der Waals surface area contributed by atoms with Gasteiger partial charge in [-0.25, -0.2) is 0 Å². The molecule has 4 atom stereocenters. The van der Waals surface area contributed by atoms with E-state index in [1.165, 1.54) is 17.9 Å². The molecule has 3 aliphatic rings. The molecule has 0 bridgehead atoms. The summed E-state index contributed by atoms with van der Waals surface area (Å²) in [6, 6.07) is 9.82. The Kier molecular flexibility index (Phi) is 9.52. The van der Waals surface area contributed by atoms with Crippen molar-refractivity contribution in [3.63, 3.8) is 0 Å². The molecule has 0 unspecified atom stereocenters. The molecule has 1 saturated carbocycles. The van der Waals surface area contributed by atoms with Crippen LogP contribution in [-0.4, -0.2) is 94.7 Å². The lowest BCUT2D eigenvalue weighted by atomic mass is 9.57. The van der Waals surface area contributed by atoms with Crippen molar-refractivity contribution in [3.05, 3.63) is 70.0 Å². The first-order valence-electron chi connectivity index (χ1n) is 14.5. The maximum Gasteiger partial charge on any atom is 0.255 e. The van der Waals surface area contributed by atoms with Crippen molar-refractivity contribution >= 4 is 29.1 Å². The number of nitrogens with zero attached hydrogens (tertiary/aromatic N) is 1. The van der Waals surface area contributed by atoms with Gasteiger partial charge in [0.1, 0.15) is 22.8 Å². The lowest BCUT2D eigenvalue weighted by Crippen LogP contribution is -2.65. The number of ether oxygens (including phenoxy) is 1. The second kappa shape index (κ2) is 12.8. The number of carbonyl (C=O) groups excluding carboxylic acids is 4. The summed E-state index contributed by atoms with van der Waals surface area (Å²) in [6.45, 7) is 4.62. The lowest BCUT2D eigenvalue weighted by molar-refractivity contribution is -0.153. The Morgan fingerprint density at radius 1 is 1.13 bits per heavy atom. The SMILES string of the molecule is COCCNC(C)=O.Cc1cccc(-c2ccc(O)c3c2C[C@H]2C[C@H]4[C@H](N(C)C)C(=O)C(C(N)=O)=C(O)[C@@]4(O)C(=O)C2=C3O)c1. The van der Waals surface area contributed by atoms with E-state index in [-0.39, 0.29) is 35.6 Å². The highest BCUT2D eigenvalue weighted by molar-refractivity contribution is 6.24. The molecule has 12 heteroatoms. The fourth-order valence-electron chi connectivity index (χ4n) is 6.66. The van der Waals surface area contributed by atoms with Gasteiger partial charge in [-0.3, -0.25) is 24.1 Å². The number of hydrogen-bond acceptors (Lipinski definition) is 10. The van der Waals surface area contributed by atoms with Crippen molar-refractivity contribution in [1.82, 2.24) is 10.2 Å². The Morgan fingerprint density at radius 3 is 2.40 bits per heavy atom. The number of aryl methyl sites for hydroxylation is 1. The quantitative estimate of drug-likeness (QED) is 0.204. The van der Waals surface area contributed by atoms with Crippen LogP contribution in [0, 0.1) is 18.8 Å². The number of carbonyl (C=O) groups is 4. The van der Waals surface area contributed by atoms with Crippen molar-refractivity contribution in [2.24, 2.45) is 17.6 Å². The van der Waals surface area contributed by atoms with Gasteiger partial charge in [-0.15, -0.1) is 0 Å². The van der Waals surface area contributed by atoms with Gasteiger partial charge in [0.05, 0.1) is 18.2 Å². The van der Waals surface area contributed by atoms with E-state index in [0.29, 0.717) is 18.7 Å². The van der Waals surface area contributed by atoms with Crippen LogP contribution in [0.25, 0.3) is 16.9 Å². The number of likely N-dealkylation sites (N-methyl/N-ethyl adjacent to an activating group) is 1. The molecule has 2 amide bonds. The molecule has 2 aromatic carbocycles. The minimum Gasteiger partial charge on any atom is -0.508 e. The standard InChI is InChI=1S/C28H28N2O7.C5H11NO2/c1-12-5-4-6-13(9-12)15-7-8-18(31)20-16(15)10-14-11-17-22(30(2)3)24(33)21(27(29)36)26(35)28(17,37)25(34)19(14)23(20)32;1-5(7)6-3-4-8-2/h4-9,14,17,22,31-32,35,37H,10-11H2,1-3H3,(H2,29,36);3-4H2,1-2H3,(H,6,7)/t14-,17-,22-,28-;/m0./s1. The van der Waals surface area contributed by atoms with E-state index < -0.39 is 58.0 Å². The van der Waals surface area contributed by atoms with Crippen LogP contribution in [0.1, 0.15) is 30.0 Å². The van der Waals surface area contributed by atoms with Crippen LogP contribution in [0.5, 0.6) is 5.75 Å². The molecule has 0 spiro atoms. The van der Waals surface area contributed by atoms with Crippen molar-refractivity contribution in [1.29, 1.82) is 0 Å². The van der Waals surface area contributed by atoms with Crippen LogP contribution in [0.3, 0.4) is 0 Å². The smallest absolute Gasteiger partial charge is 0.255 e. The van der Waals surface area contributed by atoms with Crippen LogP contribution in [-0.2, 0) is 30.3 Å². The fourth-order valence-corrected chi connectivity index (χ4v) is 6.66. The van der Waals surface area contributed by atoms with E-state index >= 15 is 0 Å². The Labute approximate surface area is 260 Å². The predicted molar refractivity (Wildman–Crippen MR) is 165 cm³/mol. The molecule has 0 aliphatic heterocycles. The number of primary amides is 1. The van der Waals surface area contributed by atoms with Crippen LogP contribution in [0.2, 0.25) is 0 Å². The van der Waals surface area contributed by atoms with Crippen LogP contribution >= 0.6 is 0 Å². The summed E-state index contributed by atoms with van der Waals surface area (Å²) in [5.74, 6) is -6.62. The third-order valence-corrected chi connectivity index (χ3v) is 8.61. The molecule has 0 radical (unpaired) electrons. The number of phenols is 1. The molecule has 3 aliphatic carbocycles. The lowest BCUT2D eigenvalue weighted by Gasteiger charge is -2.50. The normalized spacial score (nSPS) is 23.9. The number of hydrogen-bond donors (Lipinski definition) is 6. The van der Waals surface area contributed by atoms with Gasteiger partial charge in [-0.1, -0.05) is 35.9 Å². The number of benzene rings is 2. The topological polar surface area (TPSA) is 200 Å². The molecule has 2 aromatic rings. The first-order chi connectivity index (χ1) is 21.2. The molecule has 240 valence electrons. The molecular weight excluding hydrogens is 582 g/mol. The number of rotatable bonds is 6. The molecule has 12 nitrogen and oxygen atoms in total. The third kappa shape index (κ3) is 5.84. The minimum absolute atomic E-state index is 0.0120. The summed E-state index contributed by atoms with van der Waals surface area (Å²) in [5, 5.41) is 47.2. The van der Waals surface area contributed by atoms with E-state index in [4.69, 9.17) is 5.73 Å². The number of phenolic OH excluding ortho intramolecular Hbond substituents is 1. The third-order valence-electron chi connectivity index (χ3n) is 8.61. The van der Waals surface area contributed by atoms with Gasteiger partial charge < -0.3 is 36.2 Å². The first kappa shape index (κ1) is 33.4. The van der Waals surface area contributed by atoms with E-state index in [0.717, 1.165) is 16.7 Å². The van der Waals surface area contributed by atoms with Gasteiger partial charge in [0, 0.05) is 32.1 Å². The average molecular weight is 622 g/mol. The second-order valence-electron chi connectivity index (χ2n) is 11.8. The number of methoxy groups -OCH3 is 1. The highest BCUT2D eigenvalue weighted by Crippen LogP contribution is 2.53. The number of nitrogens with two attached hydrogens (primary N) is 1. The molecule has 0 heterocycles. The zero-order valence-electron chi connectivity index (χ0n) is 25.9.